The Balaban J connectivity index is 1.95. The lowest BCUT2D eigenvalue weighted by atomic mass is 10.1. The Morgan fingerprint density at radius 2 is 2.23 bits per heavy atom. The molecule has 0 bridgehead atoms. The van der Waals surface area contributed by atoms with Gasteiger partial charge in [-0.2, -0.15) is 0 Å². The van der Waals surface area contributed by atoms with Crippen LogP contribution in [0, 0.1) is 12.8 Å². The van der Waals surface area contributed by atoms with E-state index in [1.807, 2.05) is 6.92 Å². The zero-order valence-corrected chi connectivity index (χ0v) is 14.0. The summed E-state index contributed by atoms with van der Waals surface area (Å²) in [6, 6.07) is 0. The molecule has 1 amide bonds. The topological polar surface area (TPSA) is 64.0 Å². The van der Waals surface area contributed by atoms with E-state index < -0.39 is 0 Å². The molecule has 2 aromatic heterocycles. The molecular weight excluding hydrogens is 298 g/mol. The Labute approximate surface area is 133 Å². The maximum absolute atomic E-state index is 12.6. The number of amides is 1. The highest BCUT2D eigenvalue weighted by atomic mass is 32.1. The van der Waals surface area contributed by atoms with Crippen LogP contribution in [0.25, 0.3) is 10.2 Å². The number of carbonyl (C=O) groups is 1. The van der Waals surface area contributed by atoms with Crippen molar-refractivity contribution in [3.8, 4) is 0 Å². The zero-order chi connectivity index (χ0) is 15.9. The van der Waals surface area contributed by atoms with Crippen molar-refractivity contribution in [2.75, 3.05) is 6.54 Å². The minimum absolute atomic E-state index is 0.00693. The number of carbonyl (C=O) groups excluding carboxylic acids is 1. The molecule has 0 saturated carbocycles. The number of aryl methyl sites for hydroxylation is 2. The number of aromatic nitrogens is 2. The van der Waals surface area contributed by atoms with E-state index in [9.17, 15) is 9.59 Å². The molecule has 22 heavy (non-hydrogen) atoms. The van der Waals surface area contributed by atoms with Crippen molar-refractivity contribution in [1.82, 2.24) is 14.9 Å². The van der Waals surface area contributed by atoms with Crippen LogP contribution in [0.1, 0.15) is 47.7 Å². The third-order valence-electron chi connectivity index (χ3n) is 4.12. The number of hydrogen-bond acceptors (Lipinski definition) is 4. The molecule has 2 aromatic rings. The molecule has 118 valence electrons. The molecule has 3 heterocycles. The minimum Gasteiger partial charge on any atom is -0.351 e. The lowest BCUT2D eigenvalue weighted by molar-refractivity contribution is 0.0955. The van der Waals surface area contributed by atoms with Gasteiger partial charge in [0.1, 0.15) is 10.7 Å². The van der Waals surface area contributed by atoms with Crippen LogP contribution in [-0.4, -0.2) is 22.0 Å². The van der Waals surface area contributed by atoms with Gasteiger partial charge in [-0.1, -0.05) is 13.8 Å². The van der Waals surface area contributed by atoms with Gasteiger partial charge in [0, 0.05) is 19.5 Å². The summed E-state index contributed by atoms with van der Waals surface area (Å²) >= 11 is 1.33. The third-order valence-corrected chi connectivity index (χ3v) is 5.31. The van der Waals surface area contributed by atoms with Gasteiger partial charge in [0.05, 0.1) is 10.3 Å². The fourth-order valence-electron chi connectivity index (χ4n) is 2.85. The quantitative estimate of drug-likeness (QED) is 0.941. The van der Waals surface area contributed by atoms with Gasteiger partial charge in [0.2, 0.25) is 0 Å². The fourth-order valence-corrected chi connectivity index (χ4v) is 3.95. The van der Waals surface area contributed by atoms with Crippen LogP contribution in [-0.2, 0) is 13.0 Å². The molecule has 5 nitrogen and oxygen atoms in total. The van der Waals surface area contributed by atoms with Crippen LogP contribution in [0.2, 0.25) is 0 Å². The van der Waals surface area contributed by atoms with E-state index in [0.717, 1.165) is 37.2 Å². The van der Waals surface area contributed by atoms with Crippen molar-refractivity contribution in [2.45, 2.75) is 46.6 Å². The van der Waals surface area contributed by atoms with Crippen molar-refractivity contribution >= 4 is 27.5 Å². The predicted octanol–water partition coefficient (Wildman–Crippen LogP) is 2.49. The van der Waals surface area contributed by atoms with E-state index in [0.29, 0.717) is 27.6 Å². The van der Waals surface area contributed by atoms with Crippen LogP contribution in [0.3, 0.4) is 0 Å². The molecule has 1 aliphatic rings. The molecule has 0 unspecified atom stereocenters. The van der Waals surface area contributed by atoms with Crippen LogP contribution in [0.4, 0.5) is 0 Å². The van der Waals surface area contributed by atoms with Gasteiger partial charge in [-0.15, -0.1) is 11.3 Å². The minimum atomic E-state index is -0.0919. The molecule has 0 fully saturated rings. The van der Waals surface area contributed by atoms with Crippen LogP contribution in [0.5, 0.6) is 0 Å². The van der Waals surface area contributed by atoms with Gasteiger partial charge >= 0.3 is 0 Å². The Bertz CT molecular complexity index is 789. The first kappa shape index (κ1) is 15.2. The molecule has 6 heteroatoms. The van der Waals surface area contributed by atoms with E-state index in [1.54, 1.807) is 4.57 Å². The molecular formula is C16H21N3O2S. The first-order chi connectivity index (χ1) is 10.5. The second-order valence-electron chi connectivity index (χ2n) is 6.26. The summed E-state index contributed by atoms with van der Waals surface area (Å²) < 4.78 is 1.75. The van der Waals surface area contributed by atoms with Crippen molar-refractivity contribution in [3.05, 3.63) is 26.6 Å². The van der Waals surface area contributed by atoms with Gasteiger partial charge in [-0.05, 0) is 31.2 Å². The van der Waals surface area contributed by atoms with Crippen LogP contribution >= 0.6 is 11.3 Å². The van der Waals surface area contributed by atoms with Crippen LogP contribution in [0.15, 0.2) is 4.79 Å². The molecule has 0 saturated heterocycles. The Morgan fingerprint density at radius 3 is 2.95 bits per heavy atom. The molecule has 0 atom stereocenters. The molecule has 0 aliphatic carbocycles. The SMILES string of the molecule is Cc1c(C(=O)NCCC(C)C)sc2nc3n(c(=O)c12)CCC3. The average Bonchev–Trinajstić information content (AvgIpc) is 3.04. The number of nitrogens with one attached hydrogen (secondary N) is 1. The number of thiophene rings is 1. The summed E-state index contributed by atoms with van der Waals surface area (Å²) in [5.74, 6) is 1.31. The molecule has 0 radical (unpaired) electrons. The Morgan fingerprint density at radius 1 is 1.45 bits per heavy atom. The molecule has 1 N–H and O–H groups in total. The van der Waals surface area contributed by atoms with Gasteiger partial charge in [0.15, 0.2) is 0 Å². The lowest BCUT2D eigenvalue weighted by Crippen LogP contribution is -2.25. The predicted molar refractivity (Wildman–Crippen MR) is 88.7 cm³/mol. The van der Waals surface area contributed by atoms with Gasteiger partial charge < -0.3 is 5.32 Å². The van der Waals surface area contributed by atoms with E-state index in [2.05, 4.69) is 24.1 Å². The smallest absolute Gasteiger partial charge is 0.262 e. The van der Waals surface area contributed by atoms with Crippen LogP contribution < -0.4 is 10.9 Å². The summed E-state index contributed by atoms with van der Waals surface area (Å²) in [7, 11) is 0. The maximum Gasteiger partial charge on any atom is 0.262 e. The second-order valence-corrected chi connectivity index (χ2v) is 7.26. The second kappa shape index (κ2) is 5.83. The average molecular weight is 319 g/mol. The first-order valence-corrected chi connectivity index (χ1v) is 8.61. The Hall–Kier alpha value is -1.69. The highest BCUT2D eigenvalue weighted by molar-refractivity contribution is 7.20. The highest BCUT2D eigenvalue weighted by Gasteiger charge is 2.23. The fraction of sp³-hybridized carbons (Fsp3) is 0.562. The normalized spacial score (nSPS) is 13.8. The first-order valence-electron chi connectivity index (χ1n) is 7.80. The summed E-state index contributed by atoms with van der Waals surface area (Å²) in [6.45, 7) is 7.50. The molecule has 3 rings (SSSR count). The zero-order valence-electron chi connectivity index (χ0n) is 13.2. The Kier molecular flexibility index (Phi) is 4.04. The van der Waals surface area contributed by atoms with Gasteiger partial charge in [-0.3, -0.25) is 14.2 Å². The van der Waals surface area contributed by atoms with E-state index in [1.165, 1.54) is 11.3 Å². The molecule has 1 aliphatic heterocycles. The number of hydrogen-bond donors (Lipinski definition) is 1. The van der Waals surface area contributed by atoms with Crippen molar-refractivity contribution in [1.29, 1.82) is 0 Å². The van der Waals surface area contributed by atoms with E-state index >= 15 is 0 Å². The van der Waals surface area contributed by atoms with Crippen molar-refractivity contribution < 1.29 is 4.79 Å². The number of fused-ring (bicyclic) bond motifs is 2. The summed E-state index contributed by atoms with van der Waals surface area (Å²) in [5.41, 5.74) is 0.772. The third kappa shape index (κ3) is 2.56. The summed E-state index contributed by atoms with van der Waals surface area (Å²) in [6.07, 6.45) is 2.77. The highest BCUT2D eigenvalue weighted by Crippen LogP contribution is 2.28. The van der Waals surface area contributed by atoms with E-state index in [-0.39, 0.29) is 11.5 Å². The van der Waals surface area contributed by atoms with Gasteiger partial charge in [0.25, 0.3) is 11.5 Å². The summed E-state index contributed by atoms with van der Waals surface area (Å²) in [4.78, 5) is 30.8. The standard InChI is InChI=1S/C16H21N3O2S/c1-9(2)6-7-17-14(20)13-10(3)12-15(22-13)18-11-5-4-8-19(11)16(12)21/h9H,4-8H2,1-3H3,(H,17,20). The van der Waals surface area contributed by atoms with Crippen molar-refractivity contribution in [2.24, 2.45) is 5.92 Å². The molecule has 0 spiro atoms. The summed E-state index contributed by atoms with van der Waals surface area (Å²) in [5, 5.41) is 3.56. The molecule has 0 aromatic carbocycles. The lowest BCUT2D eigenvalue weighted by Gasteiger charge is -2.06. The van der Waals surface area contributed by atoms with Crippen molar-refractivity contribution in [3.63, 3.8) is 0 Å². The monoisotopic (exact) mass is 319 g/mol. The number of rotatable bonds is 4. The largest absolute Gasteiger partial charge is 0.351 e. The van der Waals surface area contributed by atoms with Gasteiger partial charge in [-0.25, -0.2) is 4.98 Å². The van der Waals surface area contributed by atoms with E-state index in [4.69, 9.17) is 0 Å². The number of nitrogens with zero attached hydrogens (tertiary/aromatic N) is 2. The maximum atomic E-state index is 12.6.